The summed E-state index contributed by atoms with van der Waals surface area (Å²) in [4.78, 5) is 27.9. The highest BCUT2D eigenvalue weighted by molar-refractivity contribution is 6.41. The van der Waals surface area contributed by atoms with Gasteiger partial charge in [0, 0.05) is 6.21 Å². The van der Waals surface area contributed by atoms with Crippen molar-refractivity contribution in [2.45, 2.75) is 27.2 Å². The molecule has 8 heteroatoms. The topological polar surface area (TPSA) is 85.2 Å². The zero-order valence-electron chi connectivity index (χ0n) is 14.1. The number of halogens is 2. The van der Waals surface area contributed by atoms with E-state index < -0.39 is 11.9 Å². The van der Waals surface area contributed by atoms with Gasteiger partial charge in [-0.1, -0.05) is 30.1 Å². The minimum atomic E-state index is -0.707. The molecule has 1 aromatic carbocycles. The molecular formula is C17H19Cl2NO5. The van der Waals surface area contributed by atoms with Crippen molar-refractivity contribution in [1.82, 2.24) is 0 Å². The van der Waals surface area contributed by atoms with E-state index in [9.17, 15) is 14.7 Å². The van der Waals surface area contributed by atoms with Gasteiger partial charge >= 0.3 is 11.9 Å². The van der Waals surface area contributed by atoms with Crippen LogP contribution in [-0.4, -0.2) is 36.5 Å². The third-order valence-electron chi connectivity index (χ3n) is 2.93. The summed E-state index contributed by atoms with van der Waals surface area (Å²) in [5, 5.41) is 9.75. The molecule has 0 bridgehead atoms. The summed E-state index contributed by atoms with van der Waals surface area (Å²) in [6, 6.07) is 2.92. The molecule has 0 aliphatic heterocycles. The number of aliphatic hydroxyl groups is 1. The molecule has 0 saturated carbocycles. The Morgan fingerprint density at radius 2 is 1.92 bits per heavy atom. The van der Waals surface area contributed by atoms with E-state index in [0.717, 1.165) is 6.21 Å². The maximum Gasteiger partial charge on any atom is 0.343 e. The largest absolute Gasteiger partial charge is 0.512 e. The van der Waals surface area contributed by atoms with E-state index in [4.69, 9.17) is 32.7 Å². The highest BCUT2D eigenvalue weighted by atomic mass is 35.5. The summed E-state index contributed by atoms with van der Waals surface area (Å²) in [6.07, 6.45) is 1.77. The Kier molecular flexibility index (Phi) is 8.45. The highest BCUT2D eigenvalue weighted by Crippen LogP contribution is 2.34. The minimum absolute atomic E-state index is 0.0142. The van der Waals surface area contributed by atoms with Gasteiger partial charge in [0.15, 0.2) is 0 Å². The van der Waals surface area contributed by atoms with Crippen molar-refractivity contribution < 1.29 is 24.2 Å². The summed E-state index contributed by atoms with van der Waals surface area (Å²) in [5.74, 6) is -1.63. The lowest BCUT2D eigenvalue weighted by Gasteiger charge is -2.09. The van der Waals surface area contributed by atoms with Gasteiger partial charge in [0.05, 0.1) is 34.5 Å². The molecule has 0 aliphatic carbocycles. The Hall–Kier alpha value is -2.05. The molecule has 0 fully saturated rings. The molecule has 0 aliphatic rings. The van der Waals surface area contributed by atoms with E-state index in [1.807, 2.05) is 6.92 Å². The summed E-state index contributed by atoms with van der Waals surface area (Å²) in [5.41, 5.74) is 0.0629. The average molecular weight is 388 g/mol. The number of aliphatic hydroxyl groups excluding tert-OH is 1. The number of hydrogen-bond donors (Lipinski definition) is 1. The third-order valence-corrected chi connectivity index (χ3v) is 3.63. The number of rotatable bonds is 7. The first-order valence-corrected chi connectivity index (χ1v) is 8.35. The van der Waals surface area contributed by atoms with Gasteiger partial charge in [-0.05, 0) is 32.4 Å². The maximum atomic E-state index is 11.9. The number of nitrogens with zero attached hydrogens (tertiary/aromatic N) is 1. The van der Waals surface area contributed by atoms with Crippen LogP contribution in [0.2, 0.25) is 10.0 Å². The van der Waals surface area contributed by atoms with E-state index in [-0.39, 0.29) is 45.8 Å². The second-order valence-electron chi connectivity index (χ2n) is 4.87. The lowest BCUT2D eigenvalue weighted by atomic mass is 10.2. The molecule has 6 nitrogen and oxygen atoms in total. The van der Waals surface area contributed by atoms with Crippen LogP contribution >= 0.6 is 23.2 Å². The van der Waals surface area contributed by atoms with Crippen LogP contribution in [0, 0.1) is 0 Å². The first kappa shape index (κ1) is 21.0. The number of carbonyl (C=O) groups is 2. The van der Waals surface area contributed by atoms with E-state index in [2.05, 4.69) is 4.99 Å². The van der Waals surface area contributed by atoms with Gasteiger partial charge in [0.25, 0.3) is 0 Å². The van der Waals surface area contributed by atoms with Crippen LogP contribution in [0.15, 0.2) is 28.5 Å². The first-order chi connectivity index (χ1) is 11.8. The molecule has 0 heterocycles. The molecule has 0 amide bonds. The highest BCUT2D eigenvalue weighted by Gasteiger charge is 2.19. The van der Waals surface area contributed by atoms with Gasteiger partial charge in [0.1, 0.15) is 11.3 Å². The number of benzene rings is 1. The fraction of sp³-hybridized carbons (Fsp3) is 0.353. The average Bonchev–Trinajstić information content (AvgIpc) is 2.55. The number of ether oxygens (including phenoxy) is 2. The predicted molar refractivity (Wildman–Crippen MR) is 97.1 cm³/mol. The van der Waals surface area contributed by atoms with Crippen molar-refractivity contribution in [3.63, 3.8) is 0 Å². The Morgan fingerprint density at radius 3 is 2.48 bits per heavy atom. The van der Waals surface area contributed by atoms with E-state index in [1.54, 1.807) is 6.92 Å². The molecule has 25 heavy (non-hydrogen) atoms. The SMILES string of the molecule is CCCOC(=O)C(C=Nc1ccc(Cl)c(C(=O)OCC)c1Cl)=C(C)O. The Labute approximate surface area is 156 Å². The van der Waals surface area contributed by atoms with Crippen LogP contribution in [-0.2, 0) is 14.3 Å². The van der Waals surface area contributed by atoms with E-state index in [1.165, 1.54) is 19.1 Å². The van der Waals surface area contributed by atoms with Crippen molar-refractivity contribution in [3.8, 4) is 0 Å². The summed E-state index contributed by atoms with van der Waals surface area (Å²) >= 11 is 12.2. The van der Waals surface area contributed by atoms with Crippen molar-refractivity contribution >= 4 is 47.0 Å². The van der Waals surface area contributed by atoms with Gasteiger partial charge in [-0.15, -0.1) is 0 Å². The van der Waals surface area contributed by atoms with Crippen LogP contribution < -0.4 is 0 Å². The molecule has 136 valence electrons. The molecule has 1 aromatic rings. The Bertz CT molecular complexity index is 709. The van der Waals surface area contributed by atoms with E-state index >= 15 is 0 Å². The Morgan fingerprint density at radius 1 is 1.24 bits per heavy atom. The van der Waals surface area contributed by atoms with Crippen LogP contribution in [0.5, 0.6) is 0 Å². The summed E-state index contributed by atoms with van der Waals surface area (Å²) < 4.78 is 9.88. The zero-order chi connectivity index (χ0) is 19.0. The molecule has 0 atom stereocenters. The van der Waals surface area contributed by atoms with Crippen LogP contribution in [0.3, 0.4) is 0 Å². The van der Waals surface area contributed by atoms with Crippen molar-refractivity contribution in [2.24, 2.45) is 4.99 Å². The van der Waals surface area contributed by atoms with Gasteiger partial charge in [-0.3, -0.25) is 4.99 Å². The molecule has 0 unspecified atom stereocenters. The third kappa shape index (κ3) is 5.76. The van der Waals surface area contributed by atoms with Gasteiger partial charge in [0.2, 0.25) is 0 Å². The zero-order valence-corrected chi connectivity index (χ0v) is 15.6. The first-order valence-electron chi connectivity index (χ1n) is 7.59. The van der Waals surface area contributed by atoms with E-state index in [0.29, 0.717) is 6.42 Å². The quantitative estimate of drug-likeness (QED) is 0.318. The number of hydrogen-bond acceptors (Lipinski definition) is 6. The summed E-state index contributed by atoms with van der Waals surface area (Å²) in [7, 11) is 0. The molecule has 0 spiro atoms. The number of allylic oxidation sites excluding steroid dienone is 1. The fourth-order valence-corrected chi connectivity index (χ4v) is 2.31. The molecule has 0 radical (unpaired) electrons. The van der Waals surface area contributed by atoms with Crippen molar-refractivity contribution in [3.05, 3.63) is 39.1 Å². The smallest absolute Gasteiger partial charge is 0.343 e. The molecular weight excluding hydrogens is 369 g/mol. The molecule has 0 aromatic heterocycles. The molecule has 1 rings (SSSR count). The predicted octanol–water partition coefficient (Wildman–Crippen LogP) is 4.66. The maximum absolute atomic E-state index is 11.9. The molecule has 1 N–H and O–H groups in total. The number of esters is 2. The number of carbonyl (C=O) groups excluding carboxylic acids is 2. The normalized spacial score (nSPS) is 12.0. The second-order valence-corrected chi connectivity index (χ2v) is 5.65. The van der Waals surface area contributed by atoms with Gasteiger partial charge in [-0.2, -0.15) is 0 Å². The van der Waals surface area contributed by atoms with Crippen LogP contribution in [0.1, 0.15) is 37.6 Å². The Balaban J connectivity index is 3.19. The fourth-order valence-electron chi connectivity index (χ4n) is 1.73. The minimum Gasteiger partial charge on any atom is -0.512 e. The van der Waals surface area contributed by atoms with Crippen LogP contribution in [0.25, 0.3) is 0 Å². The summed E-state index contributed by atoms with van der Waals surface area (Å²) in [6.45, 7) is 5.23. The van der Waals surface area contributed by atoms with Gasteiger partial charge < -0.3 is 14.6 Å². The van der Waals surface area contributed by atoms with Crippen molar-refractivity contribution in [2.75, 3.05) is 13.2 Å². The lowest BCUT2D eigenvalue weighted by Crippen LogP contribution is -2.11. The molecule has 0 saturated heterocycles. The lowest BCUT2D eigenvalue weighted by molar-refractivity contribution is -0.138. The second kappa shape index (κ2) is 10.1. The van der Waals surface area contributed by atoms with Crippen molar-refractivity contribution in [1.29, 1.82) is 0 Å². The van der Waals surface area contributed by atoms with Crippen LogP contribution in [0.4, 0.5) is 5.69 Å². The van der Waals surface area contributed by atoms with Gasteiger partial charge in [-0.25, -0.2) is 9.59 Å². The monoisotopic (exact) mass is 387 g/mol. The number of aliphatic imine (C=N–C) groups is 1. The standard InChI is InChI=1S/C17H19Cl2NO5/c1-4-8-25-16(22)11(10(3)21)9-20-13-7-6-12(18)14(15(13)19)17(23)24-5-2/h6-7,9,21H,4-5,8H2,1-3H3.